The lowest BCUT2D eigenvalue weighted by Crippen LogP contribution is -2.04. The van der Waals surface area contributed by atoms with Crippen molar-refractivity contribution < 1.29 is 17.6 Å². The summed E-state index contributed by atoms with van der Waals surface area (Å²) in [5.74, 6) is 1.64. The molecule has 27 heavy (non-hydrogen) atoms. The monoisotopic (exact) mass is 392 g/mol. The van der Waals surface area contributed by atoms with Gasteiger partial charge in [-0.2, -0.15) is 23.3 Å². The summed E-state index contributed by atoms with van der Waals surface area (Å²) in [4.78, 5) is 4.31. The van der Waals surface area contributed by atoms with Gasteiger partial charge < -0.3 is 4.42 Å². The van der Waals surface area contributed by atoms with E-state index in [0.29, 0.717) is 40.4 Å². The number of furan rings is 1. The molecule has 0 unspecified atom stereocenters. The van der Waals surface area contributed by atoms with E-state index >= 15 is 0 Å². The first kappa shape index (κ1) is 17.5. The van der Waals surface area contributed by atoms with Crippen LogP contribution in [0.1, 0.15) is 5.56 Å². The average Bonchev–Trinajstić information content (AvgIpc) is 3.39. The van der Waals surface area contributed by atoms with Gasteiger partial charge in [-0.15, -0.1) is 10.2 Å². The molecule has 0 amide bonds. The normalized spacial score (nSPS) is 14.0. The van der Waals surface area contributed by atoms with Crippen LogP contribution in [-0.2, 0) is 6.18 Å². The molecule has 0 atom stereocenters. The molecule has 4 rings (SSSR count). The van der Waals surface area contributed by atoms with Gasteiger partial charge >= 0.3 is 6.18 Å². The predicted octanol–water partition coefficient (Wildman–Crippen LogP) is 4.66. The fourth-order valence-electron chi connectivity index (χ4n) is 2.35. The standard InChI is InChI=1S/C16H11F3N6OS/c17-16(18,19)10-3-1-2-9(6-10)12-4-5-13(26-12)14-21-15(24-23-14)27-8-11-7-20-25-22-11/h1-6H,7-8H2,(H,21,23,24). The second-order valence-electron chi connectivity index (χ2n) is 5.55. The number of alkyl halides is 3. The maximum absolute atomic E-state index is 12.9. The highest BCUT2D eigenvalue weighted by molar-refractivity contribution is 7.99. The number of halogens is 3. The number of H-pyrrole nitrogens is 1. The van der Waals surface area contributed by atoms with Crippen molar-refractivity contribution in [2.45, 2.75) is 11.3 Å². The van der Waals surface area contributed by atoms with Gasteiger partial charge in [0.05, 0.1) is 11.3 Å². The number of aromatic amines is 1. The van der Waals surface area contributed by atoms with Gasteiger partial charge in [-0.25, -0.2) is 0 Å². The third-order valence-electron chi connectivity index (χ3n) is 3.65. The Morgan fingerprint density at radius 3 is 2.78 bits per heavy atom. The molecule has 11 heteroatoms. The number of nitrogens with zero attached hydrogens (tertiary/aromatic N) is 5. The van der Waals surface area contributed by atoms with Crippen LogP contribution in [0, 0.1) is 0 Å². The van der Waals surface area contributed by atoms with Crippen molar-refractivity contribution in [1.29, 1.82) is 0 Å². The zero-order valence-corrected chi connectivity index (χ0v) is 14.4. The molecule has 0 fully saturated rings. The van der Waals surface area contributed by atoms with Crippen LogP contribution in [0.15, 0.2) is 61.4 Å². The third kappa shape index (κ3) is 3.92. The van der Waals surface area contributed by atoms with Gasteiger partial charge in [0.2, 0.25) is 5.16 Å². The Kier molecular flexibility index (Phi) is 4.52. The summed E-state index contributed by atoms with van der Waals surface area (Å²) >= 11 is 1.37. The molecule has 1 N–H and O–H groups in total. The number of rotatable bonds is 5. The topological polar surface area (TPSA) is 91.8 Å². The van der Waals surface area contributed by atoms with Crippen LogP contribution in [0.5, 0.6) is 0 Å². The molecule has 138 valence electrons. The second-order valence-corrected chi connectivity index (χ2v) is 6.50. The van der Waals surface area contributed by atoms with Gasteiger partial charge in [0.25, 0.3) is 0 Å². The summed E-state index contributed by atoms with van der Waals surface area (Å²) in [7, 11) is 0. The Morgan fingerprint density at radius 2 is 2.00 bits per heavy atom. The molecule has 1 aromatic carbocycles. The summed E-state index contributed by atoms with van der Waals surface area (Å²) in [6.07, 6.45) is -4.41. The number of thioether (sulfide) groups is 1. The highest BCUT2D eigenvalue weighted by atomic mass is 32.2. The molecule has 3 aromatic rings. The molecule has 0 aliphatic carbocycles. The van der Waals surface area contributed by atoms with Gasteiger partial charge in [0, 0.05) is 11.3 Å². The van der Waals surface area contributed by atoms with Crippen molar-refractivity contribution in [3.8, 4) is 22.9 Å². The van der Waals surface area contributed by atoms with E-state index in [1.807, 2.05) is 0 Å². The van der Waals surface area contributed by atoms with Crippen molar-refractivity contribution in [3.05, 3.63) is 42.0 Å². The maximum atomic E-state index is 12.9. The Morgan fingerprint density at radius 1 is 1.15 bits per heavy atom. The van der Waals surface area contributed by atoms with Crippen molar-refractivity contribution in [2.24, 2.45) is 15.4 Å². The minimum Gasteiger partial charge on any atom is -0.453 e. The molecule has 1 aliphatic rings. The number of hydrogen-bond acceptors (Lipinski definition) is 7. The molecule has 0 radical (unpaired) electrons. The lowest BCUT2D eigenvalue weighted by Gasteiger charge is -2.07. The van der Waals surface area contributed by atoms with E-state index in [2.05, 4.69) is 30.6 Å². The first-order valence-corrected chi connectivity index (χ1v) is 8.73. The molecule has 0 saturated heterocycles. The van der Waals surface area contributed by atoms with Crippen LogP contribution in [-0.4, -0.2) is 33.2 Å². The number of aromatic nitrogens is 3. The van der Waals surface area contributed by atoms with Crippen molar-refractivity contribution in [3.63, 3.8) is 0 Å². The molecule has 7 nitrogen and oxygen atoms in total. The molecule has 0 saturated carbocycles. The zero-order chi connectivity index (χ0) is 18.9. The van der Waals surface area contributed by atoms with Crippen LogP contribution in [0.2, 0.25) is 0 Å². The number of benzene rings is 1. The van der Waals surface area contributed by atoms with E-state index in [1.165, 1.54) is 17.8 Å². The Hall–Kier alpha value is -2.95. The van der Waals surface area contributed by atoms with Crippen LogP contribution in [0.25, 0.3) is 22.9 Å². The highest BCUT2D eigenvalue weighted by Gasteiger charge is 2.30. The smallest absolute Gasteiger partial charge is 0.416 e. The molecule has 3 heterocycles. The molecule has 1 aliphatic heterocycles. The summed E-state index contributed by atoms with van der Waals surface area (Å²) in [5, 5.41) is 18.5. The second kappa shape index (κ2) is 6.99. The van der Waals surface area contributed by atoms with Crippen LogP contribution < -0.4 is 0 Å². The van der Waals surface area contributed by atoms with Gasteiger partial charge in [-0.05, 0) is 29.5 Å². The van der Waals surface area contributed by atoms with Crippen LogP contribution >= 0.6 is 11.8 Å². The van der Waals surface area contributed by atoms with Crippen molar-refractivity contribution in [2.75, 3.05) is 12.3 Å². The third-order valence-corrected chi connectivity index (χ3v) is 4.57. The van der Waals surface area contributed by atoms with Gasteiger partial charge in [0.1, 0.15) is 12.3 Å². The minimum atomic E-state index is -4.41. The molecular formula is C16H11F3N6OS. The molecule has 0 bridgehead atoms. The Labute approximate surface area is 154 Å². The van der Waals surface area contributed by atoms with E-state index in [-0.39, 0.29) is 0 Å². The van der Waals surface area contributed by atoms with Crippen molar-refractivity contribution in [1.82, 2.24) is 15.2 Å². The van der Waals surface area contributed by atoms with E-state index < -0.39 is 11.7 Å². The van der Waals surface area contributed by atoms with Gasteiger partial charge in [-0.1, -0.05) is 23.9 Å². The molecule has 2 aromatic heterocycles. The zero-order valence-electron chi connectivity index (χ0n) is 13.6. The summed E-state index contributed by atoms with van der Waals surface area (Å²) in [6, 6.07) is 8.18. The quantitative estimate of drug-likeness (QED) is 0.639. The first-order chi connectivity index (χ1) is 13.0. The van der Waals surface area contributed by atoms with E-state index in [0.717, 1.165) is 17.8 Å². The lowest BCUT2D eigenvalue weighted by atomic mass is 10.1. The minimum absolute atomic E-state index is 0.310. The Bertz CT molecular complexity index is 1020. The SMILES string of the molecule is FC(F)(F)c1cccc(-c2ccc(-c3nc(SCC4=NN=NC4)n[nH]3)o2)c1. The van der Waals surface area contributed by atoms with E-state index in [1.54, 1.807) is 18.2 Å². The fraction of sp³-hybridized carbons (Fsp3) is 0.188. The van der Waals surface area contributed by atoms with Crippen LogP contribution in [0.4, 0.5) is 13.2 Å². The summed E-state index contributed by atoms with van der Waals surface area (Å²) in [6.45, 7) is 0.475. The maximum Gasteiger partial charge on any atom is 0.416 e. The van der Waals surface area contributed by atoms with Gasteiger partial charge in [0.15, 0.2) is 11.6 Å². The molecule has 0 spiro atoms. The fourth-order valence-corrected chi connectivity index (χ4v) is 3.06. The van der Waals surface area contributed by atoms with Crippen LogP contribution in [0.3, 0.4) is 0 Å². The number of nitrogens with one attached hydrogen (secondary N) is 1. The average molecular weight is 392 g/mol. The molecular weight excluding hydrogens is 381 g/mol. The summed E-state index contributed by atoms with van der Waals surface area (Å²) in [5.41, 5.74) is 0.428. The highest BCUT2D eigenvalue weighted by Crippen LogP contribution is 2.33. The first-order valence-electron chi connectivity index (χ1n) is 7.74. The Balaban J connectivity index is 1.50. The van der Waals surface area contributed by atoms with Crippen molar-refractivity contribution >= 4 is 17.5 Å². The predicted molar refractivity (Wildman–Crippen MR) is 92.4 cm³/mol. The van der Waals surface area contributed by atoms with Gasteiger partial charge in [-0.3, -0.25) is 5.10 Å². The lowest BCUT2D eigenvalue weighted by molar-refractivity contribution is -0.137. The van der Waals surface area contributed by atoms with E-state index in [4.69, 9.17) is 4.42 Å². The van der Waals surface area contributed by atoms with E-state index in [9.17, 15) is 13.2 Å². The largest absolute Gasteiger partial charge is 0.453 e. The number of hydrogen-bond donors (Lipinski definition) is 1. The summed E-state index contributed by atoms with van der Waals surface area (Å²) < 4.78 is 44.2.